The highest BCUT2D eigenvalue weighted by Crippen LogP contribution is 2.19. The fourth-order valence-corrected chi connectivity index (χ4v) is 5.17. The molecule has 1 aliphatic rings. The van der Waals surface area contributed by atoms with Crippen LogP contribution in [0.4, 0.5) is 4.39 Å². The zero-order valence-electron chi connectivity index (χ0n) is 19.1. The van der Waals surface area contributed by atoms with E-state index in [9.17, 15) is 17.6 Å². The summed E-state index contributed by atoms with van der Waals surface area (Å²) in [4.78, 5) is 18.6. The van der Waals surface area contributed by atoms with Gasteiger partial charge in [-0.1, -0.05) is 18.2 Å². The summed E-state index contributed by atoms with van der Waals surface area (Å²) in [7, 11) is -3.74. The van der Waals surface area contributed by atoms with Crippen LogP contribution in [-0.4, -0.2) is 54.7 Å². The Morgan fingerprint density at radius 1 is 0.971 bits per heavy atom. The molecule has 9 heteroatoms. The zero-order chi connectivity index (χ0) is 24.7. The lowest BCUT2D eigenvalue weighted by molar-refractivity contribution is -0.125. The number of pyridine rings is 1. The van der Waals surface area contributed by atoms with Crippen molar-refractivity contribution >= 4 is 22.0 Å². The molecule has 0 aliphatic carbocycles. The van der Waals surface area contributed by atoms with Crippen molar-refractivity contribution in [2.45, 2.75) is 17.9 Å². The van der Waals surface area contributed by atoms with Gasteiger partial charge in [-0.05, 0) is 66.6 Å². The van der Waals surface area contributed by atoms with Gasteiger partial charge < -0.3 is 9.64 Å². The van der Waals surface area contributed by atoms with E-state index in [0.29, 0.717) is 31.9 Å². The maximum Gasteiger partial charge on any atom is 0.246 e. The molecule has 2 aromatic carbocycles. The number of sulfonamides is 1. The van der Waals surface area contributed by atoms with Crippen LogP contribution in [0.3, 0.4) is 0 Å². The Morgan fingerprint density at radius 3 is 2.46 bits per heavy atom. The van der Waals surface area contributed by atoms with Gasteiger partial charge in [-0.25, -0.2) is 12.8 Å². The number of benzene rings is 2. The highest BCUT2D eigenvalue weighted by atomic mass is 32.2. The van der Waals surface area contributed by atoms with Gasteiger partial charge in [0.2, 0.25) is 15.9 Å². The average Bonchev–Trinajstić information content (AvgIpc) is 3.15. The molecular weight excluding hydrogens is 469 g/mol. The van der Waals surface area contributed by atoms with E-state index in [-0.39, 0.29) is 23.9 Å². The summed E-state index contributed by atoms with van der Waals surface area (Å²) >= 11 is 0. The normalized spacial score (nSPS) is 15.2. The molecule has 2 heterocycles. The minimum Gasteiger partial charge on any atom is -0.487 e. The molecule has 0 radical (unpaired) electrons. The Morgan fingerprint density at radius 2 is 1.74 bits per heavy atom. The lowest BCUT2D eigenvalue weighted by Crippen LogP contribution is -2.36. The molecule has 182 valence electrons. The van der Waals surface area contributed by atoms with Crippen molar-refractivity contribution in [2.75, 3.05) is 26.2 Å². The van der Waals surface area contributed by atoms with Crippen molar-refractivity contribution in [1.29, 1.82) is 0 Å². The smallest absolute Gasteiger partial charge is 0.246 e. The number of halogens is 1. The number of carbonyl (C=O) groups excluding carboxylic acids is 1. The number of amides is 1. The van der Waals surface area contributed by atoms with Crippen molar-refractivity contribution in [2.24, 2.45) is 0 Å². The molecular formula is C26H26FN3O4S. The monoisotopic (exact) mass is 495 g/mol. The first-order valence-corrected chi connectivity index (χ1v) is 12.7. The van der Waals surface area contributed by atoms with Crippen LogP contribution in [0.5, 0.6) is 5.75 Å². The van der Waals surface area contributed by atoms with Crippen molar-refractivity contribution < 1.29 is 22.3 Å². The predicted octanol–water partition coefficient (Wildman–Crippen LogP) is 3.74. The van der Waals surface area contributed by atoms with Crippen LogP contribution < -0.4 is 4.74 Å². The van der Waals surface area contributed by atoms with Crippen molar-refractivity contribution in [1.82, 2.24) is 14.2 Å². The highest BCUT2D eigenvalue weighted by molar-refractivity contribution is 7.89. The van der Waals surface area contributed by atoms with Gasteiger partial charge in [0, 0.05) is 38.5 Å². The number of nitrogens with zero attached hydrogens (tertiary/aromatic N) is 3. The van der Waals surface area contributed by atoms with E-state index < -0.39 is 15.8 Å². The Labute approximate surface area is 204 Å². The third-order valence-corrected chi connectivity index (χ3v) is 7.54. The molecule has 0 bridgehead atoms. The van der Waals surface area contributed by atoms with Gasteiger partial charge >= 0.3 is 0 Å². The quantitative estimate of drug-likeness (QED) is 0.467. The molecule has 1 aliphatic heterocycles. The first kappa shape index (κ1) is 24.6. The van der Waals surface area contributed by atoms with Gasteiger partial charge in [-0.3, -0.25) is 9.78 Å². The summed E-state index contributed by atoms with van der Waals surface area (Å²) in [5.74, 6) is 0.0330. The largest absolute Gasteiger partial charge is 0.487 e. The Balaban J connectivity index is 1.31. The highest BCUT2D eigenvalue weighted by Gasteiger charge is 2.27. The van der Waals surface area contributed by atoms with Crippen LogP contribution in [0.2, 0.25) is 0 Å². The number of hydrogen-bond acceptors (Lipinski definition) is 5. The van der Waals surface area contributed by atoms with Gasteiger partial charge in [0.25, 0.3) is 0 Å². The first-order valence-electron chi connectivity index (χ1n) is 11.3. The van der Waals surface area contributed by atoms with Crippen LogP contribution in [0.25, 0.3) is 6.08 Å². The Kier molecular flexibility index (Phi) is 7.89. The maximum atomic E-state index is 13.2. The lowest BCUT2D eigenvalue weighted by atomic mass is 10.2. The molecule has 35 heavy (non-hydrogen) atoms. The predicted molar refractivity (Wildman–Crippen MR) is 130 cm³/mol. The molecule has 0 spiro atoms. The fraction of sp³-hybridized carbons (Fsp3) is 0.231. The molecule has 0 atom stereocenters. The van der Waals surface area contributed by atoms with E-state index in [0.717, 1.165) is 23.4 Å². The van der Waals surface area contributed by atoms with Crippen LogP contribution in [-0.2, 0) is 21.4 Å². The molecule has 1 amide bonds. The number of hydrogen-bond donors (Lipinski definition) is 0. The molecule has 1 saturated heterocycles. The third kappa shape index (κ3) is 6.52. The summed E-state index contributed by atoms with van der Waals surface area (Å²) < 4.78 is 46.0. The van der Waals surface area contributed by atoms with Crippen molar-refractivity contribution in [3.8, 4) is 5.75 Å². The number of rotatable bonds is 7. The molecule has 1 aromatic heterocycles. The topological polar surface area (TPSA) is 79.8 Å². The second kappa shape index (κ2) is 11.2. The number of carbonyl (C=O) groups is 1. The van der Waals surface area contributed by atoms with E-state index in [2.05, 4.69) is 4.98 Å². The Bertz CT molecular complexity index is 1260. The van der Waals surface area contributed by atoms with Crippen LogP contribution in [0.15, 0.2) is 83.9 Å². The van der Waals surface area contributed by atoms with E-state index in [1.54, 1.807) is 17.2 Å². The van der Waals surface area contributed by atoms with Crippen molar-refractivity contribution in [3.05, 3.63) is 96.1 Å². The number of ether oxygens (including phenoxy) is 1. The average molecular weight is 496 g/mol. The third-order valence-electron chi connectivity index (χ3n) is 5.63. The van der Waals surface area contributed by atoms with Gasteiger partial charge in [0.15, 0.2) is 0 Å². The summed E-state index contributed by atoms with van der Waals surface area (Å²) in [5.41, 5.74) is 1.68. The van der Waals surface area contributed by atoms with E-state index in [4.69, 9.17) is 4.74 Å². The van der Waals surface area contributed by atoms with Gasteiger partial charge in [-0.15, -0.1) is 0 Å². The molecule has 4 rings (SSSR count). The van der Waals surface area contributed by atoms with E-state index in [1.807, 2.05) is 42.5 Å². The minimum absolute atomic E-state index is 0.0473. The molecule has 0 saturated carbocycles. The van der Waals surface area contributed by atoms with Gasteiger partial charge in [0.1, 0.15) is 18.2 Å². The van der Waals surface area contributed by atoms with Gasteiger partial charge in [0.05, 0.1) is 10.6 Å². The van der Waals surface area contributed by atoms with E-state index >= 15 is 0 Å². The lowest BCUT2D eigenvalue weighted by Gasteiger charge is -2.21. The summed E-state index contributed by atoms with van der Waals surface area (Å²) in [6.07, 6.45) is 5.45. The van der Waals surface area contributed by atoms with Crippen molar-refractivity contribution in [3.63, 3.8) is 0 Å². The molecule has 3 aromatic rings. The summed E-state index contributed by atoms with van der Waals surface area (Å²) in [5, 5.41) is 0. The second-order valence-electron chi connectivity index (χ2n) is 8.05. The SMILES string of the molecule is O=C(/C=C/c1ccc(OCc2ccccn2)cc1)N1CCCN(S(=O)(=O)c2ccc(F)cc2)CC1. The molecule has 7 nitrogen and oxygen atoms in total. The second-order valence-corrected chi connectivity index (χ2v) is 9.99. The summed E-state index contributed by atoms with van der Waals surface area (Å²) in [6.45, 7) is 1.59. The number of aromatic nitrogens is 1. The molecule has 1 fully saturated rings. The van der Waals surface area contributed by atoms with Crippen LogP contribution >= 0.6 is 0 Å². The molecule has 0 unspecified atom stereocenters. The van der Waals surface area contributed by atoms with Crippen LogP contribution in [0, 0.1) is 5.82 Å². The zero-order valence-corrected chi connectivity index (χ0v) is 19.9. The maximum absolute atomic E-state index is 13.2. The standard InChI is InChI=1S/C26H26FN3O4S/c27-22-8-12-25(13-9-22)35(32,33)30-17-3-16-29(18-19-30)26(31)14-7-21-5-10-24(11-6-21)34-20-23-4-1-2-15-28-23/h1-2,4-15H,3,16-20H2/b14-7+. The fourth-order valence-electron chi connectivity index (χ4n) is 3.70. The van der Waals surface area contributed by atoms with Crippen LogP contribution in [0.1, 0.15) is 17.7 Å². The first-order chi connectivity index (χ1) is 16.9. The van der Waals surface area contributed by atoms with E-state index in [1.165, 1.54) is 22.5 Å². The van der Waals surface area contributed by atoms with Gasteiger partial charge in [-0.2, -0.15) is 4.31 Å². The Hall–Kier alpha value is -3.56. The molecule has 0 N–H and O–H groups in total. The minimum atomic E-state index is -3.74. The summed E-state index contributed by atoms with van der Waals surface area (Å²) in [6, 6.07) is 17.8.